The third-order valence-electron chi connectivity index (χ3n) is 6.76. The van der Waals surface area contributed by atoms with Gasteiger partial charge in [-0.2, -0.15) is 5.11 Å². The first-order valence-electron chi connectivity index (χ1n) is 15.1. The molecule has 0 N–H and O–H groups in total. The summed E-state index contributed by atoms with van der Waals surface area (Å²) in [7, 11) is 0. The number of aryl methyl sites for hydroxylation is 1. The Balaban J connectivity index is 1.83. The largest absolute Gasteiger partial charge is 0.493 e. The summed E-state index contributed by atoms with van der Waals surface area (Å²) in [6, 6.07) is 14.0. The van der Waals surface area contributed by atoms with E-state index in [4.69, 9.17) is 9.47 Å². The summed E-state index contributed by atoms with van der Waals surface area (Å²) in [6.45, 7) is 8.05. The molecule has 0 atom stereocenters. The number of nitrogens with zero attached hydrogens (tertiary/aromatic N) is 2. The predicted octanol–water partition coefficient (Wildman–Crippen LogP) is 11.4. The molecular weight excluding hydrogens is 456 g/mol. The smallest absolute Gasteiger partial charge is 0.150 e. The molecule has 0 radical (unpaired) electrons. The van der Waals surface area contributed by atoms with Gasteiger partial charge in [0.2, 0.25) is 0 Å². The average molecular weight is 509 g/mol. The van der Waals surface area contributed by atoms with Crippen LogP contribution in [0, 0.1) is 6.92 Å². The van der Waals surface area contributed by atoms with Crippen molar-refractivity contribution in [3.8, 4) is 11.5 Å². The van der Waals surface area contributed by atoms with Gasteiger partial charge >= 0.3 is 0 Å². The molecule has 0 spiro atoms. The molecule has 0 aliphatic rings. The zero-order valence-electron chi connectivity index (χ0n) is 24.0. The molecule has 0 saturated carbocycles. The topological polar surface area (TPSA) is 43.2 Å². The first-order chi connectivity index (χ1) is 18.2. The lowest BCUT2D eigenvalue weighted by atomic mass is 10.1. The zero-order valence-corrected chi connectivity index (χ0v) is 24.0. The van der Waals surface area contributed by atoms with Gasteiger partial charge in [0.05, 0.1) is 18.9 Å². The van der Waals surface area contributed by atoms with Crippen LogP contribution >= 0.6 is 0 Å². The Kier molecular flexibility index (Phi) is 17.2. The maximum absolute atomic E-state index is 6.19. The molecule has 0 aliphatic carbocycles. The summed E-state index contributed by atoms with van der Waals surface area (Å²) < 4.78 is 12.3. The highest BCUT2D eigenvalue weighted by atomic mass is 16.5. The van der Waals surface area contributed by atoms with Gasteiger partial charge in [-0.25, -0.2) is 0 Å². The quantitative estimate of drug-likeness (QED) is 0.117. The Morgan fingerprint density at radius 2 is 1.05 bits per heavy atom. The van der Waals surface area contributed by atoms with Crippen LogP contribution in [-0.4, -0.2) is 13.2 Å². The van der Waals surface area contributed by atoms with Crippen LogP contribution in [0.3, 0.4) is 0 Å². The fraction of sp³-hybridized carbons (Fsp3) is 0.636. The minimum atomic E-state index is 0.698. The molecule has 0 fully saturated rings. The number of ether oxygens (including phenoxy) is 2. The minimum Gasteiger partial charge on any atom is -0.493 e. The number of rotatable bonds is 22. The third kappa shape index (κ3) is 14.8. The molecule has 0 unspecified atom stereocenters. The second-order valence-electron chi connectivity index (χ2n) is 10.3. The van der Waals surface area contributed by atoms with Crippen LogP contribution in [-0.2, 0) is 0 Å². The zero-order chi connectivity index (χ0) is 26.4. The summed E-state index contributed by atoms with van der Waals surface area (Å²) in [4.78, 5) is 0. The average Bonchev–Trinajstić information content (AvgIpc) is 2.91. The van der Waals surface area contributed by atoms with E-state index in [0.717, 1.165) is 42.3 Å². The molecule has 4 heteroatoms. The highest BCUT2D eigenvalue weighted by Crippen LogP contribution is 2.33. The Labute approximate surface area is 227 Å². The van der Waals surface area contributed by atoms with E-state index in [1.165, 1.54) is 95.5 Å². The van der Waals surface area contributed by atoms with Crippen molar-refractivity contribution in [3.05, 3.63) is 48.0 Å². The Bertz CT molecular complexity index is 848. The van der Waals surface area contributed by atoms with E-state index in [1.54, 1.807) is 0 Å². The van der Waals surface area contributed by atoms with Crippen LogP contribution in [0.2, 0.25) is 0 Å². The molecule has 0 aliphatic heterocycles. The van der Waals surface area contributed by atoms with Crippen LogP contribution in [0.25, 0.3) is 0 Å². The second-order valence-corrected chi connectivity index (χ2v) is 10.3. The minimum absolute atomic E-state index is 0.698. The van der Waals surface area contributed by atoms with Crippen molar-refractivity contribution < 1.29 is 9.47 Å². The van der Waals surface area contributed by atoms with Gasteiger partial charge in [0.15, 0.2) is 0 Å². The third-order valence-corrected chi connectivity index (χ3v) is 6.76. The number of hydrogen-bond acceptors (Lipinski definition) is 4. The maximum atomic E-state index is 6.19. The van der Waals surface area contributed by atoms with Crippen LogP contribution < -0.4 is 9.47 Å². The van der Waals surface area contributed by atoms with Gasteiger partial charge in [0.1, 0.15) is 17.2 Å². The molecule has 0 saturated heterocycles. The first-order valence-corrected chi connectivity index (χ1v) is 15.1. The summed E-state index contributed by atoms with van der Waals surface area (Å²) in [5.74, 6) is 1.61. The number of unbranched alkanes of at least 4 members (excludes halogenated alkanes) is 14. The van der Waals surface area contributed by atoms with Crippen molar-refractivity contribution in [2.75, 3.05) is 13.2 Å². The highest BCUT2D eigenvalue weighted by Gasteiger charge is 2.07. The summed E-state index contributed by atoms with van der Waals surface area (Å²) in [5, 5.41) is 8.93. The van der Waals surface area contributed by atoms with Crippen molar-refractivity contribution in [3.63, 3.8) is 0 Å². The van der Waals surface area contributed by atoms with Gasteiger partial charge in [0.25, 0.3) is 0 Å². The van der Waals surface area contributed by atoms with Crippen molar-refractivity contribution in [1.29, 1.82) is 0 Å². The van der Waals surface area contributed by atoms with E-state index in [0.29, 0.717) is 6.61 Å². The lowest BCUT2D eigenvalue weighted by Crippen LogP contribution is -2.00. The monoisotopic (exact) mass is 508 g/mol. The van der Waals surface area contributed by atoms with E-state index in [9.17, 15) is 0 Å². The van der Waals surface area contributed by atoms with Crippen molar-refractivity contribution in [2.24, 2.45) is 10.2 Å². The molecule has 37 heavy (non-hydrogen) atoms. The second kappa shape index (κ2) is 20.7. The van der Waals surface area contributed by atoms with E-state index < -0.39 is 0 Å². The van der Waals surface area contributed by atoms with Crippen molar-refractivity contribution in [2.45, 2.75) is 124 Å². The number of benzene rings is 2. The Hall–Kier alpha value is -2.36. The molecule has 0 bridgehead atoms. The maximum Gasteiger partial charge on any atom is 0.150 e. The van der Waals surface area contributed by atoms with E-state index in [1.807, 2.05) is 30.3 Å². The number of azo groups is 1. The van der Waals surface area contributed by atoms with Gasteiger partial charge in [-0.15, -0.1) is 5.11 Å². The fourth-order valence-corrected chi connectivity index (χ4v) is 4.35. The normalized spacial score (nSPS) is 11.3. The van der Waals surface area contributed by atoms with Gasteiger partial charge in [-0.1, -0.05) is 121 Å². The molecule has 0 heterocycles. The van der Waals surface area contributed by atoms with Crippen molar-refractivity contribution >= 4 is 11.4 Å². The number of hydrogen-bond donors (Lipinski definition) is 0. The first kappa shape index (κ1) is 30.9. The summed E-state index contributed by atoms with van der Waals surface area (Å²) in [5.41, 5.74) is 2.81. The predicted molar refractivity (Wildman–Crippen MR) is 158 cm³/mol. The lowest BCUT2D eigenvalue weighted by Gasteiger charge is -2.12. The van der Waals surface area contributed by atoms with Crippen LogP contribution in [0.5, 0.6) is 11.5 Å². The SMILES string of the molecule is CCCCCCCCCCOc1ccc(N=Nc2ccc(C)cc2)c(OCCCCCCCCCC)c1. The van der Waals surface area contributed by atoms with Crippen molar-refractivity contribution in [1.82, 2.24) is 0 Å². The van der Waals surface area contributed by atoms with Crippen LogP contribution in [0.4, 0.5) is 11.4 Å². The molecule has 206 valence electrons. The molecule has 2 aromatic rings. The highest BCUT2D eigenvalue weighted by molar-refractivity contribution is 5.55. The molecule has 4 nitrogen and oxygen atoms in total. The van der Waals surface area contributed by atoms with E-state index >= 15 is 0 Å². The summed E-state index contributed by atoms with van der Waals surface area (Å²) in [6.07, 6.45) is 20.7. The Morgan fingerprint density at radius 3 is 1.62 bits per heavy atom. The molecule has 0 aromatic heterocycles. The van der Waals surface area contributed by atoms with Gasteiger partial charge in [-0.3, -0.25) is 0 Å². The Morgan fingerprint density at radius 1 is 0.541 bits per heavy atom. The van der Waals surface area contributed by atoms with E-state index in [-0.39, 0.29) is 0 Å². The van der Waals surface area contributed by atoms with Gasteiger partial charge in [0, 0.05) is 6.07 Å². The molecular formula is C33H52N2O2. The van der Waals surface area contributed by atoms with Gasteiger partial charge in [-0.05, 0) is 44.0 Å². The standard InChI is InChI=1S/C33H52N2O2/c1-4-6-8-10-12-14-16-18-26-36-31-24-25-32(35-34-30-22-20-29(3)21-23-30)33(28-31)37-27-19-17-15-13-11-9-7-5-2/h20-25,28H,4-19,26-27H2,1-3H3. The summed E-state index contributed by atoms with van der Waals surface area (Å²) >= 11 is 0. The fourth-order valence-electron chi connectivity index (χ4n) is 4.35. The lowest BCUT2D eigenvalue weighted by molar-refractivity contribution is 0.290. The molecule has 2 aromatic carbocycles. The van der Waals surface area contributed by atoms with Crippen LogP contribution in [0.1, 0.15) is 122 Å². The van der Waals surface area contributed by atoms with Gasteiger partial charge < -0.3 is 9.47 Å². The van der Waals surface area contributed by atoms with Crippen LogP contribution in [0.15, 0.2) is 52.7 Å². The van der Waals surface area contributed by atoms with E-state index in [2.05, 4.69) is 43.1 Å². The molecule has 0 amide bonds. The molecule has 2 rings (SSSR count).